The Morgan fingerprint density at radius 1 is 1.04 bits per heavy atom. The molecule has 0 atom stereocenters. The molecule has 0 aliphatic heterocycles. The lowest BCUT2D eigenvalue weighted by atomic mass is 10.1. The van der Waals surface area contributed by atoms with Gasteiger partial charge >= 0.3 is 0 Å². The van der Waals surface area contributed by atoms with Gasteiger partial charge in [-0.3, -0.25) is 0 Å². The summed E-state index contributed by atoms with van der Waals surface area (Å²) in [5.41, 5.74) is 8.54. The highest BCUT2D eigenvalue weighted by atomic mass is 35.5. The third-order valence-electron chi connectivity index (χ3n) is 3.52. The minimum absolute atomic E-state index is 0.257. The van der Waals surface area contributed by atoms with Crippen LogP contribution in [0.3, 0.4) is 0 Å². The van der Waals surface area contributed by atoms with E-state index in [1.807, 2.05) is 32.9 Å². The van der Waals surface area contributed by atoms with E-state index in [9.17, 15) is 0 Å². The fourth-order valence-corrected chi connectivity index (χ4v) is 2.65. The minimum atomic E-state index is 0.257. The number of thiocarbonyl (C=S) groups is 1. The van der Waals surface area contributed by atoms with Crippen LogP contribution in [0.25, 0.3) is 0 Å². The zero-order chi connectivity index (χ0) is 18.4. The third-order valence-corrected chi connectivity index (χ3v) is 4.04. The van der Waals surface area contributed by atoms with Gasteiger partial charge in [0, 0.05) is 5.56 Å². The second-order valence-electron chi connectivity index (χ2n) is 5.55. The highest BCUT2D eigenvalue weighted by molar-refractivity contribution is 7.80. The van der Waals surface area contributed by atoms with Gasteiger partial charge in [0.15, 0.2) is 11.5 Å². The number of nitrogens with two attached hydrogens (primary N) is 1. The monoisotopic (exact) mass is 379 g/mol. The van der Waals surface area contributed by atoms with Crippen LogP contribution in [0, 0.1) is 13.8 Å². The normalized spacial score (nSPS) is 10.4. The Balaban J connectivity index is 2.04. The van der Waals surface area contributed by atoms with Crippen LogP contribution < -0.4 is 19.9 Å². The lowest BCUT2D eigenvalue weighted by Crippen LogP contribution is -2.13. The highest BCUT2D eigenvalue weighted by Crippen LogP contribution is 2.36. The number of hydrogen-bond acceptors (Lipinski definition) is 4. The first-order chi connectivity index (χ1) is 11.9. The van der Waals surface area contributed by atoms with E-state index in [0.29, 0.717) is 41.9 Å². The summed E-state index contributed by atoms with van der Waals surface area (Å²) in [7, 11) is 0. The average Bonchev–Trinajstić information content (AvgIpc) is 2.56. The van der Waals surface area contributed by atoms with Crippen LogP contribution in [-0.2, 0) is 0 Å². The summed E-state index contributed by atoms with van der Waals surface area (Å²) in [4.78, 5) is 0.257. The van der Waals surface area contributed by atoms with Gasteiger partial charge in [-0.1, -0.05) is 36.0 Å². The van der Waals surface area contributed by atoms with Crippen molar-refractivity contribution in [3.05, 3.63) is 52.0 Å². The van der Waals surface area contributed by atoms with Crippen molar-refractivity contribution < 1.29 is 14.2 Å². The van der Waals surface area contributed by atoms with Gasteiger partial charge in [-0.25, -0.2) is 0 Å². The molecule has 0 heterocycles. The van der Waals surface area contributed by atoms with Crippen LogP contribution in [0.1, 0.15) is 23.6 Å². The number of halogens is 1. The molecule has 134 valence electrons. The maximum absolute atomic E-state index is 6.30. The van der Waals surface area contributed by atoms with Crippen LogP contribution in [0.15, 0.2) is 30.3 Å². The van der Waals surface area contributed by atoms with Gasteiger partial charge in [0.1, 0.15) is 24.0 Å². The molecule has 0 fully saturated rings. The minimum Gasteiger partial charge on any atom is -0.490 e. The Labute approximate surface area is 158 Å². The molecule has 0 amide bonds. The van der Waals surface area contributed by atoms with E-state index in [0.717, 1.165) is 16.9 Å². The fraction of sp³-hybridized carbons (Fsp3) is 0.316. The molecule has 0 aromatic heterocycles. The van der Waals surface area contributed by atoms with Gasteiger partial charge in [-0.05, 0) is 50.1 Å². The zero-order valence-electron chi connectivity index (χ0n) is 14.6. The van der Waals surface area contributed by atoms with Crippen molar-refractivity contribution in [2.24, 2.45) is 5.73 Å². The molecule has 0 aliphatic rings. The summed E-state index contributed by atoms with van der Waals surface area (Å²) in [6.07, 6.45) is 0. The SMILES string of the molecule is CCOc1cc(C(N)=S)cc(Cl)c1OCCOc1cc(C)ccc1C. The molecule has 25 heavy (non-hydrogen) atoms. The summed E-state index contributed by atoms with van der Waals surface area (Å²) in [5, 5.41) is 0.403. The predicted molar refractivity (Wildman–Crippen MR) is 105 cm³/mol. The quantitative estimate of drug-likeness (QED) is 0.542. The van der Waals surface area contributed by atoms with Crippen LogP contribution in [-0.4, -0.2) is 24.8 Å². The van der Waals surface area contributed by atoms with E-state index >= 15 is 0 Å². The van der Waals surface area contributed by atoms with Gasteiger partial charge in [-0.2, -0.15) is 0 Å². The lowest BCUT2D eigenvalue weighted by molar-refractivity contribution is 0.208. The Bertz CT molecular complexity index is 765. The molecule has 0 saturated heterocycles. The largest absolute Gasteiger partial charge is 0.490 e. The summed E-state index contributed by atoms with van der Waals surface area (Å²) < 4.78 is 17.2. The fourth-order valence-electron chi connectivity index (χ4n) is 2.27. The predicted octanol–water partition coefficient (Wildman–Crippen LogP) is 4.45. The van der Waals surface area contributed by atoms with Crippen molar-refractivity contribution in [2.75, 3.05) is 19.8 Å². The second-order valence-corrected chi connectivity index (χ2v) is 6.40. The molecule has 2 rings (SSSR count). The molecule has 0 spiro atoms. The molecule has 0 radical (unpaired) electrons. The molecule has 0 bridgehead atoms. The molecular weight excluding hydrogens is 358 g/mol. The zero-order valence-corrected chi connectivity index (χ0v) is 16.2. The average molecular weight is 380 g/mol. The number of ether oxygens (including phenoxy) is 3. The molecule has 2 N–H and O–H groups in total. The van der Waals surface area contributed by atoms with E-state index in [1.54, 1.807) is 12.1 Å². The smallest absolute Gasteiger partial charge is 0.179 e. The summed E-state index contributed by atoms with van der Waals surface area (Å²) >= 11 is 11.3. The maximum Gasteiger partial charge on any atom is 0.179 e. The van der Waals surface area contributed by atoms with E-state index < -0.39 is 0 Å². The Morgan fingerprint density at radius 3 is 2.44 bits per heavy atom. The van der Waals surface area contributed by atoms with Crippen LogP contribution in [0.5, 0.6) is 17.2 Å². The van der Waals surface area contributed by atoms with E-state index in [-0.39, 0.29) is 4.99 Å². The summed E-state index contributed by atoms with van der Waals surface area (Å²) in [5.74, 6) is 1.83. The van der Waals surface area contributed by atoms with Crippen LogP contribution in [0.2, 0.25) is 5.02 Å². The molecule has 0 unspecified atom stereocenters. The number of benzene rings is 2. The van der Waals surface area contributed by atoms with Crippen molar-refractivity contribution in [3.63, 3.8) is 0 Å². The molecule has 2 aromatic carbocycles. The standard InChI is InChI=1S/C19H22ClNO3S/c1-4-22-17-11-14(19(21)25)10-15(20)18(17)24-8-7-23-16-9-12(2)5-6-13(16)3/h5-6,9-11H,4,7-8H2,1-3H3,(H2,21,25). The number of hydrogen-bond donors (Lipinski definition) is 1. The third kappa shape index (κ3) is 5.25. The molecular formula is C19H22ClNO3S. The molecule has 4 nitrogen and oxygen atoms in total. The van der Waals surface area contributed by atoms with Crippen LogP contribution >= 0.6 is 23.8 Å². The molecule has 2 aromatic rings. The van der Waals surface area contributed by atoms with Gasteiger partial charge in [0.25, 0.3) is 0 Å². The maximum atomic E-state index is 6.30. The van der Waals surface area contributed by atoms with Crippen molar-refractivity contribution in [3.8, 4) is 17.2 Å². The van der Waals surface area contributed by atoms with E-state index in [4.69, 9.17) is 43.8 Å². The number of rotatable bonds is 8. The molecule has 6 heteroatoms. The Morgan fingerprint density at radius 2 is 1.76 bits per heavy atom. The van der Waals surface area contributed by atoms with E-state index in [1.165, 1.54) is 0 Å². The summed E-state index contributed by atoms with van der Waals surface area (Å²) in [6, 6.07) is 9.50. The Hall–Kier alpha value is -1.98. The van der Waals surface area contributed by atoms with Gasteiger partial charge in [-0.15, -0.1) is 0 Å². The first kappa shape index (κ1) is 19.3. The van der Waals surface area contributed by atoms with Gasteiger partial charge < -0.3 is 19.9 Å². The Kier molecular flexibility index (Phi) is 6.91. The van der Waals surface area contributed by atoms with Gasteiger partial charge in [0.05, 0.1) is 11.6 Å². The number of aryl methyl sites for hydroxylation is 2. The lowest BCUT2D eigenvalue weighted by Gasteiger charge is -2.16. The van der Waals surface area contributed by atoms with Crippen molar-refractivity contribution in [1.29, 1.82) is 0 Å². The molecule has 0 aliphatic carbocycles. The van der Waals surface area contributed by atoms with Crippen molar-refractivity contribution in [2.45, 2.75) is 20.8 Å². The second kappa shape index (κ2) is 8.92. The first-order valence-corrected chi connectivity index (χ1v) is 8.80. The summed E-state index contributed by atoms with van der Waals surface area (Å²) in [6.45, 7) is 7.12. The van der Waals surface area contributed by atoms with Crippen LogP contribution in [0.4, 0.5) is 0 Å². The molecule has 0 saturated carbocycles. The first-order valence-electron chi connectivity index (χ1n) is 8.01. The van der Waals surface area contributed by atoms with Crippen molar-refractivity contribution in [1.82, 2.24) is 0 Å². The highest BCUT2D eigenvalue weighted by Gasteiger charge is 2.14. The van der Waals surface area contributed by atoms with E-state index in [2.05, 4.69) is 6.07 Å². The van der Waals surface area contributed by atoms with Gasteiger partial charge in [0.2, 0.25) is 0 Å². The topological polar surface area (TPSA) is 53.7 Å². The van der Waals surface area contributed by atoms with Crippen molar-refractivity contribution >= 4 is 28.8 Å².